The van der Waals surface area contributed by atoms with E-state index in [0.29, 0.717) is 5.84 Å². The van der Waals surface area contributed by atoms with Gasteiger partial charge in [-0.3, -0.25) is 20.4 Å². The van der Waals surface area contributed by atoms with E-state index in [1.807, 2.05) is 36.9 Å². The maximum atomic E-state index is 8.92. The summed E-state index contributed by atoms with van der Waals surface area (Å²) >= 11 is 0. The summed E-state index contributed by atoms with van der Waals surface area (Å²) < 4.78 is 1.84. The number of aliphatic imine (C=N–C) groups is 1. The topological polar surface area (TPSA) is 62.4 Å². The lowest BCUT2D eigenvalue weighted by atomic mass is 10.1. The summed E-state index contributed by atoms with van der Waals surface area (Å²) in [4.78, 5) is 3.95. The van der Waals surface area contributed by atoms with Crippen molar-refractivity contribution in [2.75, 3.05) is 7.05 Å². The summed E-state index contributed by atoms with van der Waals surface area (Å²) in [6.07, 6.45) is 0. The largest absolute Gasteiger partial charge is 0.290 e. The van der Waals surface area contributed by atoms with Gasteiger partial charge in [-0.15, -0.1) is 0 Å². The van der Waals surface area contributed by atoms with Crippen molar-refractivity contribution >= 4 is 16.7 Å². The van der Waals surface area contributed by atoms with Crippen LogP contribution < -0.4 is 5.48 Å². The molecule has 0 saturated carbocycles. The second-order valence-electron chi connectivity index (χ2n) is 3.62. The van der Waals surface area contributed by atoms with Crippen LogP contribution in [0.4, 0.5) is 0 Å². The summed E-state index contributed by atoms with van der Waals surface area (Å²) in [5.41, 5.74) is 4.95. The second kappa shape index (κ2) is 3.94. The summed E-state index contributed by atoms with van der Waals surface area (Å²) in [6, 6.07) is 5.82. The smallest absolute Gasteiger partial charge is 0.151 e. The molecule has 0 fully saturated rings. The molecule has 5 heteroatoms. The Morgan fingerprint density at radius 1 is 1.50 bits per heavy atom. The summed E-state index contributed by atoms with van der Waals surface area (Å²) in [5.74, 6) is 0.449. The molecule has 1 aromatic heterocycles. The molecule has 0 spiro atoms. The Bertz CT molecular complexity index is 556. The van der Waals surface area contributed by atoms with Crippen molar-refractivity contribution in [3.05, 3.63) is 29.5 Å². The zero-order valence-electron chi connectivity index (χ0n) is 9.52. The second-order valence-corrected chi connectivity index (χ2v) is 3.62. The van der Waals surface area contributed by atoms with Crippen LogP contribution in [0.1, 0.15) is 11.3 Å². The van der Waals surface area contributed by atoms with E-state index in [0.717, 1.165) is 22.2 Å². The minimum Gasteiger partial charge on any atom is -0.290 e. The molecule has 0 amide bonds. The van der Waals surface area contributed by atoms with Crippen LogP contribution in [0.25, 0.3) is 10.9 Å². The van der Waals surface area contributed by atoms with Crippen molar-refractivity contribution in [2.45, 2.75) is 6.92 Å². The van der Waals surface area contributed by atoms with E-state index in [2.05, 4.69) is 15.6 Å². The lowest BCUT2D eigenvalue weighted by Crippen LogP contribution is -2.19. The summed E-state index contributed by atoms with van der Waals surface area (Å²) in [5, 5.41) is 14.3. The molecule has 0 unspecified atom stereocenters. The fourth-order valence-corrected chi connectivity index (χ4v) is 1.83. The third-order valence-corrected chi connectivity index (χ3v) is 2.64. The Labute approximate surface area is 93.4 Å². The third-order valence-electron chi connectivity index (χ3n) is 2.64. The average Bonchev–Trinajstić information content (AvgIpc) is 2.57. The minimum atomic E-state index is 0.449. The lowest BCUT2D eigenvalue weighted by molar-refractivity contribution is 0.235. The monoisotopic (exact) mass is 218 g/mol. The molecule has 0 aliphatic carbocycles. The maximum absolute atomic E-state index is 8.92. The molecular formula is C11H14N4O. The summed E-state index contributed by atoms with van der Waals surface area (Å²) in [7, 11) is 3.53. The Hall–Kier alpha value is -1.88. The molecular weight excluding hydrogens is 204 g/mol. The molecule has 84 valence electrons. The maximum Gasteiger partial charge on any atom is 0.151 e. The number of benzene rings is 1. The van der Waals surface area contributed by atoms with Crippen LogP contribution in [0.5, 0.6) is 0 Å². The van der Waals surface area contributed by atoms with E-state index in [-0.39, 0.29) is 0 Å². The highest BCUT2D eigenvalue weighted by Crippen LogP contribution is 2.18. The number of aromatic nitrogens is 2. The first-order valence-electron chi connectivity index (χ1n) is 4.98. The van der Waals surface area contributed by atoms with Gasteiger partial charge < -0.3 is 0 Å². The molecule has 2 N–H and O–H groups in total. The standard InChI is InChI=1S/C11H14N4O/c1-7-9-6-8(11(12-2)14-16)4-5-10(9)15(3)13-7/h4-6,16H,1-3H3,(H,12,14). The zero-order chi connectivity index (χ0) is 11.7. The Balaban J connectivity index is 2.64. The van der Waals surface area contributed by atoms with Crippen molar-refractivity contribution in [3.8, 4) is 0 Å². The van der Waals surface area contributed by atoms with Gasteiger partial charge in [-0.2, -0.15) is 5.10 Å². The molecule has 0 saturated heterocycles. The number of hydroxylamine groups is 1. The van der Waals surface area contributed by atoms with Crippen molar-refractivity contribution in [2.24, 2.45) is 12.0 Å². The van der Waals surface area contributed by atoms with Crippen molar-refractivity contribution in [1.29, 1.82) is 0 Å². The molecule has 16 heavy (non-hydrogen) atoms. The molecule has 0 aliphatic heterocycles. The normalized spacial score (nSPS) is 12.1. The highest BCUT2D eigenvalue weighted by atomic mass is 16.5. The number of fused-ring (bicyclic) bond motifs is 1. The van der Waals surface area contributed by atoms with Gasteiger partial charge in [-0.1, -0.05) is 0 Å². The van der Waals surface area contributed by atoms with Gasteiger partial charge in [0.15, 0.2) is 5.84 Å². The highest BCUT2D eigenvalue weighted by molar-refractivity contribution is 6.01. The Morgan fingerprint density at radius 2 is 2.25 bits per heavy atom. The van der Waals surface area contributed by atoms with Crippen LogP contribution in [0.2, 0.25) is 0 Å². The zero-order valence-corrected chi connectivity index (χ0v) is 9.52. The van der Waals surface area contributed by atoms with Crippen LogP contribution in [0.3, 0.4) is 0 Å². The lowest BCUT2D eigenvalue weighted by Gasteiger charge is -2.04. The van der Waals surface area contributed by atoms with Crippen LogP contribution in [0, 0.1) is 6.92 Å². The average molecular weight is 218 g/mol. The predicted octanol–water partition coefficient (Wildman–Crippen LogP) is 1.24. The summed E-state index contributed by atoms with van der Waals surface area (Å²) in [6.45, 7) is 1.96. The number of aryl methyl sites for hydroxylation is 2. The van der Waals surface area contributed by atoms with Gasteiger partial charge in [0, 0.05) is 25.0 Å². The van der Waals surface area contributed by atoms with Gasteiger partial charge in [0.25, 0.3) is 0 Å². The molecule has 5 nitrogen and oxygen atoms in total. The fraction of sp³-hybridized carbons (Fsp3) is 0.273. The Kier molecular flexibility index (Phi) is 2.62. The van der Waals surface area contributed by atoms with Gasteiger partial charge in [-0.05, 0) is 25.1 Å². The number of hydrogen-bond donors (Lipinski definition) is 2. The molecule has 0 radical (unpaired) electrons. The molecule has 2 aromatic rings. The van der Waals surface area contributed by atoms with Gasteiger partial charge in [0.1, 0.15) is 0 Å². The van der Waals surface area contributed by atoms with Crippen molar-refractivity contribution in [1.82, 2.24) is 15.3 Å². The van der Waals surface area contributed by atoms with Crippen molar-refractivity contribution < 1.29 is 5.21 Å². The number of nitrogens with one attached hydrogen (secondary N) is 1. The SMILES string of the molecule is CN=C(NO)c1ccc2c(c1)c(C)nn2C. The fourth-order valence-electron chi connectivity index (χ4n) is 1.83. The van der Waals surface area contributed by atoms with Crippen LogP contribution in [-0.2, 0) is 7.05 Å². The molecule has 1 heterocycles. The van der Waals surface area contributed by atoms with Gasteiger partial charge in [0.2, 0.25) is 0 Å². The molecule has 1 aromatic carbocycles. The van der Waals surface area contributed by atoms with Crippen LogP contribution in [0.15, 0.2) is 23.2 Å². The van der Waals surface area contributed by atoms with Gasteiger partial charge >= 0.3 is 0 Å². The first kappa shape index (κ1) is 10.6. The van der Waals surface area contributed by atoms with E-state index in [1.165, 1.54) is 0 Å². The van der Waals surface area contributed by atoms with E-state index in [9.17, 15) is 0 Å². The first-order valence-corrected chi connectivity index (χ1v) is 4.98. The third kappa shape index (κ3) is 1.55. The first-order chi connectivity index (χ1) is 7.67. The van der Waals surface area contributed by atoms with E-state index < -0.39 is 0 Å². The number of nitrogens with zero attached hydrogens (tertiary/aromatic N) is 3. The van der Waals surface area contributed by atoms with E-state index in [1.54, 1.807) is 7.05 Å². The van der Waals surface area contributed by atoms with E-state index in [4.69, 9.17) is 5.21 Å². The molecule has 0 bridgehead atoms. The Morgan fingerprint density at radius 3 is 2.88 bits per heavy atom. The number of rotatable bonds is 1. The quantitative estimate of drug-likeness (QED) is 0.430. The van der Waals surface area contributed by atoms with E-state index >= 15 is 0 Å². The molecule has 0 aliphatic rings. The predicted molar refractivity (Wildman–Crippen MR) is 62.8 cm³/mol. The van der Waals surface area contributed by atoms with Crippen molar-refractivity contribution in [3.63, 3.8) is 0 Å². The molecule has 2 rings (SSSR count). The van der Waals surface area contributed by atoms with Crippen LogP contribution >= 0.6 is 0 Å². The van der Waals surface area contributed by atoms with Gasteiger partial charge in [0.05, 0.1) is 11.2 Å². The minimum absolute atomic E-state index is 0.449. The number of amidine groups is 1. The van der Waals surface area contributed by atoms with Crippen LogP contribution in [-0.4, -0.2) is 27.9 Å². The number of hydrogen-bond acceptors (Lipinski definition) is 3. The molecule has 0 atom stereocenters. The highest BCUT2D eigenvalue weighted by Gasteiger charge is 2.08. The van der Waals surface area contributed by atoms with Gasteiger partial charge in [-0.25, -0.2) is 0 Å².